The van der Waals surface area contributed by atoms with Crippen LogP contribution in [0.1, 0.15) is 6.92 Å². The van der Waals surface area contributed by atoms with Gasteiger partial charge in [0.15, 0.2) is 5.75 Å². The largest absolute Gasteiger partial charge is 0.461 e. The second kappa shape index (κ2) is 4.58. The van der Waals surface area contributed by atoms with Gasteiger partial charge in [0.1, 0.15) is 17.5 Å². The molecule has 1 fully saturated rings. The molecule has 0 aromatic heterocycles. The third-order valence-electron chi connectivity index (χ3n) is 3.21. The maximum atomic E-state index is 10.1. The van der Waals surface area contributed by atoms with E-state index in [1.807, 2.05) is 12.1 Å². The minimum atomic E-state index is -0.900. The van der Waals surface area contributed by atoms with E-state index in [9.17, 15) is 10.2 Å². The molecule has 18 heavy (non-hydrogen) atoms. The SMILES string of the molecule is CC1OC2Oc3c(Cl)cccc3SC2C(O)C1O. The highest BCUT2D eigenvalue weighted by molar-refractivity contribution is 8.00. The van der Waals surface area contributed by atoms with Crippen molar-refractivity contribution in [2.45, 2.75) is 41.7 Å². The van der Waals surface area contributed by atoms with Crippen LogP contribution in [0.3, 0.4) is 0 Å². The molecule has 0 radical (unpaired) electrons. The molecular weight excluding hydrogens is 276 g/mol. The lowest BCUT2D eigenvalue weighted by Crippen LogP contribution is -2.57. The molecule has 2 aliphatic rings. The highest BCUT2D eigenvalue weighted by atomic mass is 35.5. The van der Waals surface area contributed by atoms with Crippen LogP contribution in [0.25, 0.3) is 0 Å². The van der Waals surface area contributed by atoms with E-state index in [2.05, 4.69) is 0 Å². The van der Waals surface area contributed by atoms with Crippen molar-refractivity contribution in [1.82, 2.24) is 0 Å². The Labute approximate surface area is 114 Å². The van der Waals surface area contributed by atoms with E-state index in [0.29, 0.717) is 10.8 Å². The van der Waals surface area contributed by atoms with Crippen LogP contribution in [0.2, 0.25) is 5.02 Å². The Kier molecular flexibility index (Phi) is 3.20. The van der Waals surface area contributed by atoms with Crippen molar-refractivity contribution >= 4 is 23.4 Å². The summed E-state index contributed by atoms with van der Waals surface area (Å²) in [6.07, 6.45) is -2.83. The minimum Gasteiger partial charge on any atom is -0.461 e. The zero-order chi connectivity index (χ0) is 12.9. The number of aliphatic hydroxyl groups excluding tert-OH is 2. The van der Waals surface area contributed by atoms with Crippen LogP contribution < -0.4 is 4.74 Å². The quantitative estimate of drug-likeness (QED) is 0.760. The summed E-state index contributed by atoms with van der Waals surface area (Å²) in [5, 5.41) is 20.1. The fourth-order valence-corrected chi connectivity index (χ4v) is 3.70. The summed E-state index contributed by atoms with van der Waals surface area (Å²) in [5.74, 6) is 0.584. The van der Waals surface area contributed by atoms with Crippen molar-refractivity contribution in [3.63, 3.8) is 0 Å². The Bertz CT molecular complexity index is 469. The summed E-state index contributed by atoms with van der Waals surface area (Å²) < 4.78 is 11.3. The molecule has 0 spiro atoms. The van der Waals surface area contributed by atoms with Crippen LogP contribution in [0, 0.1) is 0 Å². The number of ether oxygens (including phenoxy) is 2. The van der Waals surface area contributed by atoms with Gasteiger partial charge in [-0.15, -0.1) is 11.8 Å². The summed E-state index contributed by atoms with van der Waals surface area (Å²) >= 11 is 7.49. The molecule has 2 N–H and O–H groups in total. The average Bonchev–Trinajstić information content (AvgIpc) is 2.36. The monoisotopic (exact) mass is 288 g/mol. The normalized spacial score (nSPS) is 38.6. The molecule has 2 heterocycles. The number of benzene rings is 1. The van der Waals surface area contributed by atoms with Gasteiger partial charge in [-0.25, -0.2) is 0 Å². The topological polar surface area (TPSA) is 58.9 Å². The molecule has 3 rings (SSSR count). The van der Waals surface area contributed by atoms with E-state index in [-0.39, 0.29) is 5.25 Å². The van der Waals surface area contributed by atoms with Crippen LogP contribution in [-0.4, -0.2) is 40.1 Å². The number of hydrogen-bond acceptors (Lipinski definition) is 5. The first kappa shape index (κ1) is 12.6. The number of halogens is 1. The zero-order valence-electron chi connectivity index (χ0n) is 9.62. The highest BCUT2D eigenvalue weighted by Gasteiger charge is 2.47. The zero-order valence-corrected chi connectivity index (χ0v) is 11.2. The first-order chi connectivity index (χ1) is 8.58. The predicted octanol–water partition coefficient (Wildman–Crippen LogP) is 1.66. The van der Waals surface area contributed by atoms with Crippen LogP contribution >= 0.6 is 23.4 Å². The first-order valence-electron chi connectivity index (χ1n) is 5.71. The Hall–Kier alpha value is -0.460. The molecule has 6 heteroatoms. The Balaban J connectivity index is 1.94. The molecule has 4 nitrogen and oxygen atoms in total. The van der Waals surface area contributed by atoms with E-state index < -0.39 is 24.6 Å². The second-order valence-electron chi connectivity index (χ2n) is 4.46. The van der Waals surface area contributed by atoms with Crippen LogP contribution in [-0.2, 0) is 4.74 Å². The summed E-state index contributed by atoms with van der Waals surface area (Å²) in [6, 6.07) is 5.45. The summed E-state index contributed by atoms with van der Waals surface area (Å²) in [6.45, 7) is 1.71. The average molecular weight is 289 g/mol. The van der Waals surface area contributed by atoms with Crippen molar-refractivity contribution in [1.29, 1.82) is 0 Å². The number of aliphatic hydroxyl groups is 2. The number of rotatable bonds is 0. The first-order valence-corrected chi connectivity index (χ1v) is 6.97. The van der Waals surface area contributed by atoms with Crippen LogP contribution in [0.5, 0.6) is 5.75 Å². The van der Waals surface area contributed by atoms with Crippen molar-refractivity contribution in [3.05, 3.63) is 23.2 Å². The molecule has 5 atom stereocenters. The molecule has 0 amide bonds. The summed E-state index contributed by atoms with van der Waals surface area (Å²) in [4.78, 5) is 0.855. The predicted molar refractivity (Wildman–Crippen MR) is 68.1 cm³/mol. The van der Waals surface area contributed by atoms with E-state index in [0.717, 1.165) is 4.90 Å². The lowest BCUT2D eigenvalue weighted by Gasteiger charge is -2.43. The number of thioether (sulfide) groups is 1. The molecule has 1 saturated heterocycles. The fourth-order valence-electron chi connectivity index (χ4n) is 2.18. The summed E-state index contributed by atoms with van der Waals surface area (Å²) in [5.41, 5.74) is 0. The van der Waals surface area contributed by atoms with E-state index >= 15 is 0 Å². The van der Waals surface area contributed by atoms with Gasteiger partial charge < -0.3 is 19.7 Å². The Morgan fingerprint density at radius 2 is 2.06 bits per heavy atom. The molecular formula is C12H13ClO4S. The molecule has 0 saturated carbocycles. The minimum absolute atomic E-state index is 0.345. The van der Waals surface area contributed by atoms with Gasteiger partial charge in [0.05, 0.1) is 16.0 Å². The van der Waals surface area contributed by atoms with Crippen LogP contribution in [0.4, 0.5) is 0 Å². The van der Waals surface area contributed by atoms with E-state index in [4.69, 9.17) is 21.1 Å². The smallest absolute Gasteiger partial charge is 0.215 e. The van der Waals surface area contributed by atoms with Crippen LogP contribution in [0.15, 0.2) is 23.1 Å². The maximum Gasteiger partial charge on any atom is 0.215 e. The summed E-state index contributed by atoms with van der Waals surface area (Å²) in [7, 11) is 0. The van der Waals surface area contributed by atoms with Crippen molar-refractivity contribution in [3.8, 4) is 5.75 Å². The van der Waals surface area contributed by atoms with Crippen molar-refractivity contribution in [2.24, 2.45) is 0 Å². The Morgan fingerprint density at radius 3 is 2.83 bits per heavy atom. The second-order valence-corrected chi connectivity index (χ2v) is 6.09. The molecule has 98 valence electrons. The van der Waals surface area contributed by atoms with Crippen molar-refractivity contribution < 1.29 is 19.7 Å². The molecule has 5 unspecified atom stereocenters. The van der Waals surface area contributed by atoms with Gasteiger partial charge in [0.25, 0.3) is 0 Å². The van der Waals surface area contributed by atoms with Gasteiger partial charge in [-0.1, -0.05) is 17.7 Å². The number of fused-ring (bicyclic) bond motifs is 2. The van der Waals surface area contributed by atoms with Gasteiger partial charge in [-0.3, -0.25) is 0 Å². The lowest BCUT2D eigenvalue weighted by molar-refractivity contribution is -0.213. The number of hydrogen-bond donors (Lipinski definition) is 2. The Morgan fingerprint density at radius 1 is 1.28 bits per heavy atom. The van der Waals surface area contributed by atoms with Gasteiger partial charge >= 0.3 is 0 Å². The molecule has 1 aromatic rings. The molecule has 0 bridgehead atoms. The highest BCUT2D eigenvalue weighted by Crippen LogP contribution is 2.46. The standard InChI is InChI=1S/C12H13ClO4S/c1-5-8(14)9(15)11-12(16-5)17-10-6(13)3-2-4-7(10)18-11/h2-5,8-9,11-12,14-15H,1H3. The van der Waals surface area contributed by atoms with Gasteiger partial charge in [-0.2, -0.15) is 0 Å². The van der Waals surface area contributed by atoms with Gasteiger partial charge in [0.2, 0.25) is 6.29 Å². The fraction of sp³-hybridized carbons (Fsp3) is 0.500. The van der Waals surface area contributed by atoms with E-state index in [1.165, 1.54) is 11.8 Å². The van der Waals surface area contributed by atoms with Gasteiger partial charge in [0, 0.05) is 0 Å². The lowest BCUT2D eigenvalue weighted by atomic mass is 10.0. The van der Waals surface area contributed by atoms with Crippen molar-refractivity contribution in [2.75, 3.05) is 0 Å². The third-order valence-corrected chi connectivity index (χ3v) is 4.86. The third kappa shape index (κ3) is 1.90. The maximum absolute atomic E-state index is 10.1. The van der Waals surface area contributed by atoms with E-state index in [1.54, 1.807) is 13.0 Å². The van der Waals surface area contributed by atoms with Gasteiger partial charge in [-0.05, 0) is 19.1 Å². The molecule has 0 aliphatic carbocycles. The number of para-hydroxylation sites is 1. The molecule has 2 aliphatic heterocycles. The molecule has 1 aromatic carbocycles.